The minimum absolute atomic E-state index is 0.0781. The number of carbonyl (C=O) groups excluding carboxylic acids is 2. The third kappa shape index (κ3) is 5.13. The molecule has 2 N–H and O–H groups in total. The van der Waals surface area contributed by atoms with Crippen LogP contribution in [-0.2, 0) is 9.59 Å². The van der Waals surface area contributed by atoms with Crippen LogP contribution in [0.15, 0.2) is 30.3 Å². The van der Waals surface area contributed by atoms with Gasteiger partial charge in [-0.05, 0) is 43.2 Å². The van der Waals surface area contributed by atoms with Gasteiger partial charge in [-0.2, -0.15) is 0 Å². The van der Waals surface area contributed by atoms with Crippen molar-refractivity contribution in [1.82, 2.24) is 10.2 Å². The number of hydrogen-bond donors (Lipinski definition) is 2. The smallest absolute Gasteiger partial charge is 0.326 e. The Morgan fingerprint density at radius 1 is 1.26 bits per heavy atom. The molecule has 1 heterocycles. The fourth-order valence-corrected chi connectivity index (χ4v) is 3.71. The van der Waals surface area contributed by atoms with E-state index in [2.05, 4.69) is 5.32 Å². The Balaban J connectivity index is 2.28. The fourth-order valence-electron chi connectivity index (χ4n) is 2.57. The second-order valence-electron chi connectivity index (χ2n) is 6.13. The molecule has 8 heteroatoms. The SMILES string of the molecule is CC(=O)NCCN(C(=O)c1cc(C)c(-c2ccc(F)cc2)s1)C(C)C(=O)O. The number of halogens is 1. The normalized spacial score (nSPS) is 11.7. The number of rotatable bonds is 7. The van der Waals surface area contributed by atoms with Gasteiger partial charge in [-0.25, -0.2) is 9.18 Å². The number of carboxylic acids is 1. The molecule has 2 rings (SSSR count). The van der Waals surface area contributed by atoms with E-state index in [-0.39, 0.29) is 24.8 Å². The number of hydrogen-bond acceptors (Lipinski definition) is 4. The summed E-state index contributed by atoms with van der Waals surface area (Å²) in [6.45, 7) is 4.86. The van der Waals surface area contributed by atoms with Crippen molar-refractivity contribution in [2.75, 3.05) is 13.1 Å². The van der Waals surface area contributed by atoms with Crippen LogP contribution >= 0.6 is 11.3 Å². The van der Waals surface area contributed by atoms with Crippen LogP contribution in [0.3, 0.4) is 0 Å². The van der Waals surface area contributed by atoms with Crippen LogP contribution in [0.1, 0.15) is 29.1 Å². The lowest BCUT2D eigenvalue weighted by atomic mass is 10.1. The lowest BCUT2D eigenvalue weighted by Gasteiger charge is -2.26. The summed E-state index contributed by atoms with van der Waals surface area (Å²) in [5.41, 5.74) is 1.63. The van der Waals surface area contributed by atoms with E-state index < -0.39 is 17.9 Å². The molecule has 144 valence electrons. The predicted octanol–water partition coefficient (Wildman–Crippen LogP) is 2.91. The molecule has 0 aliphatic heterocycles. The largest absolute Gasteiger partial charge is 0.480 e. The summed E-state index contributed by atoms with van der Waals surface area (Å²) >= 11 is 1.23. The Morgan fingerprint density at radius 3 is 2.44 bits per heavy atom. The van der Waals surface area contributed by atoms with Gasteiger partial charge in [-0.1, -0.05) is 12.1 Å². The summed E-state index contributed by atoms with van der Waals surface area (Å²) in [6.07, 6.45) is 0. The van der Waals surface area contributed by atoms with E-state index in [1.165, 1.54) is 42.2 Å². The minimum atomic E-state index is -1.13. The Labute approximate surface area is 160 Å². The van der Waals surface area contributed by atoms with E-state index in [9.17, 15) is 23.9 Å². The van der Waals surface area contributed by atoms with Crippen LogP contribution in [0.5, 0.6) is 0 Å². The molecule has 1 atom stereocenters. The molecule has 1 aromatic carbocycles. The molecule has 0 spiro atoms. The van der Waals surface area contributed by atoms with Crippen LogP contribution < -0.4 is 5.32 Å². The first kappa shape index (κ1) is 20.6. The number of carbonyl (C=O) groups is 3. The quantitative estimate of drug-likeness (QED) is 0.759. The molecule has 2 amide bonds. The van der Waals surface area contributed by atoms with E-state index in [0.717, 1.165) is 16.0 Å². The Hall–Kier alpha value is -2.74. The maximum atomic E-state index is 13.1. The molecule has 0 aliphatic rings. The number of carboxylic acid groups (broad SMARTS) is 1. The Kier molecular flexibility index (Phi) is 6.68. The van der Waals surface area contributed by atoms with Crippen molar-refractivity contribution in [3.63, 3.8) is 0 Å². The van der Waals surface area contributed by atoms with Crippen LogP contribution in [0.4, 0.5) is 4.39 Å². The topological polar surface area (TPSA) is 86.7 Å². The van der Waals surface area contributed by atoms with Crippen molar-refractivity contribution < 1.29 is 23.9 Å². The van der Waals surface area contributed by atoms with Crippen LogP contribution in [0.25, 0.3) is 10.4 Å². The molecule has 0 saturated heterocycles. The van der Waals surface area contributed by atoms with Crippen molar-refractivity contribution in [3.05, 3.63) is 46.6 Å². The summed E-state index contributed by atoms with van der Waals surface area (Å²) in [5.74, 6) is -2.14. The number of thiophene rings is 1. The van der Waals surface area contributed by atoms with E-state index in [1.54, 1.807) is 18.2 Å². The van der Waals surface area contributed by atoms with Crippen LogP contribution in [0.2, 0.25) is 0 Å². The second kappa shape index (κ2) is 8.77. The number of amides is 2. The summed E-state index contributed by atoms with van der Waals surface area (Å²) in [6, 6.07) is 6.63. The average Bonchev–Trinajstić information content (AvgIpc) is 3.00. The maximum Gasteiger partial charge on any atom is 0.326 e. The van der Waals surface area contributed by atoms with Crippen molar-refractivity contribution in [2.45, 2.75) is 26.8 Å². The third-order valence-electron chi connectivity index (χ3n) is 4.05. The number of aliphatic carboxylic acids is 1. The first-order valence-corrected chi connectivity index (χ1v) is 9.17. The van der Waals surface area contributed by atoms with Gasteiger partial charge in [0.15, 0.2) is 0 Å². The lowest BCUT2D eigenvalue weighted by molar-refractivity contribution is -0.141. The van der Waals surface area contributed by atoms with Gasteiger partial charge in [0.05, 0.1) is 4.88 Å². The van der Waals surface area contributed by atoms with E-state index in [1.807, 2.05) is 6.92 Å². The highest BCUT2D eigenvalue weighted by molar-refractivity contribution is 7.17. The van der Waals surface area contributed by atoms with Gasteiger partial charge >= 0.3 is 5.97 Å². The molecular formula is C19H21FN2O4S. The first-order chi connectivity index (χ1) is 12.7. The molecule has 27 heavy (non-hydrogen) atoms. The molecule has 1 unspecified atom stereocenters. The van der Waals surface area contributed by atoms with Crippen LogP contribution in [-0.4, -0.2) is 46.9 Å². The molecular weight excluding hydrogens is 371 g/mol. The van der Waals surface area contributed by atoms with Crippen molar-refractivity contribution in [3.8, 4) is 10.4 Å². The first-order valence-electron chi connectivity index (χ1n) is 8.35. The van der Waals surface area contributed by atoms with Gasteiger partial charge < -0.3 is 15.3 Å². The van der Waals surface area contributed by atoms with Gasteiger partial charge in [0, 0.05) is 24.9 Å². The standard InChI is InChI=1S/C19H21FN2O4S/c1-11-10-16(27-17(11)14-4-6-15(20)7-5-14)18(24)22(12(2)19(25)26)9-8-21-13(3)23/h4-7,10,12H,8-9H2,1-3H3,(H,21,23)(H,25,26). The van der Waals surface area contributed by atoms with E-state index in [0.29, 0.717) is 4.88 Å². The highest BCUT2D eigenvalue weighted by Crippen LogP contribution is 2.33. The molecule has 0 saturated carbocycles. The summed E-state index contributed by atoms with van der Waals surface area (Å²) in [4.78, 5) is 37.8. The van der Waals surface area contributed by atoms with Crippen molar-refractivity contribution >= 4 is 29.1 Å². The monoisotopic (exact) mass is 392 g/mol. The zero-order valence-electron chi connectivity index (χ0n) is 15.3. The number of benzene rings is 1. The summed E-state index contributed by atoms with van der Waals surface area (Å²) in [5, 5.41) is 11.9. The van der Waals surface area contributed by atoms with Crippen LogP contribution in [0, 0.1) is 12.7 Å². The Bertz CT molecular complexity index is 848. The maximum absolute atomic E-state index is 13.1. The van der Waals surface area contributed by atoms with Gasteiger partial charge in [0.2, 0.25) is 5.91 Å². The van der Waals surface area contributed by atoms with E-state index in [4.69, 9.17) is 0 Å². The van der Waals surface area contributed by atoms with Gasteiger partial charge in [0.25, 0.3) is 5.91 Å². The average molecular weight is 392 g/mol. The number of nitrogens with one attached hydrogen (secondary N) is 1. The second-order valence-corrected chi connectivity index (χ2v) is 7.18. The van der Waals surface area contributed by atoms with Crippen molar-refractivity contribution in [2.24, 2.45) is 0 Å². The van der Waals surface area contributed by atoms with Crippen molar-refractivity contribution in [1.29, 1.82) is 0 Å². The third-order valence-corrected chi connectivity index (χ3v) is 5.32. The molecule has 0 aliphatic carbocycles. The van der Waals surface area contributed by atoms with Gasteiger partial charge in [0.1, 0.15) is 11.9 Å². The minimum Gasteiger partial charge on any atom is -0.480 e. The summed E-state index contributed by atoms with van der Waals surface area (Å²) in [7, 11) is 0. The molecule has 0 fully saturated rings. The predicted molar refractivity (Wildman–Crippen MR) is 101 cm³/mol. The lowest BCUT2D eigenvalue weighted by Crippen LogP contribution is -2.46. The Morgan fingerprint density at radius 2 is 1.89 bits per heavy atom. The highest BCUT2D eigenvalue weighted by atomic mass is 32.1. The number of aryl methyl sites for hydroxylation is 1. The molecule has 6 nitrogen and oxygen atoms in total. The van der Waals surface area contributed by atoms with Gasteiger partial charge in [-0.3, -0.25) is 9.59 Å². The number of nitrogens with zero attached hydrogens (tertiary/aromatic N) is 1. The molecule has 1 aromatic heterocycles. The molecule has 0 bridgehead atoms. The molecule has 2 aromatic rings. The zero-order chi connectivity index (χ0) is 20.1. The van der Waals surface area contributed by atoms with E-state index >= 15 is 0 Å². The molecule has 0 radical (unpaired) electrons. The zero-order valence-corrected chi connectivity index (χ0v) is 16.1. The van der Waals surface area contributed by atoms with Gasteiger partial charge in [-0.15, -0.1) is 11.3 Å². The highest BCUT2D eigenvalue weighted by Gasteiger charge is 2.28. The summed E-state index contributed by atoms with van der Waals surface area (Å²) < 4.78 is 13.1. The fraction of sp³-hybridized carbons (Fsp3) is 0.316.